The topological polar surface area (TPSA) is 38.5 Å². The Morgan fingerprint density at radius 3 is 2.67 bits per heavy atom. The minimum absolute atomic E-state index is 0.463. The van der Waals surface area contributed by atoms with Crippen LogP contribution in [0, 0.1) is 11.8 Å². The summed E-state index contributed by atoms with van der Waals surface area (Å²) in [6.45, 7) is 8.57. The quantitative estimate of drug-likeness (QED) is 0.725. The molecule has 3 heteroatoms. The van der Waals surface area contributed by atoms with Crippen molar-refractivity contribution in [3.63, 3.8) is 0 Å². The summed E-state index contributed by atoms with van der Waals surface area (Å²) in [5.41, 5.74) is 5.85. The Hall–Kier alpha value is -0.120. The van der Waals surface area contributed by atoms with E-state index in [2.05, 4.69) is 25.8 Å². The predicted molar refractivity (Wildman–Crippen MR) is 77.7 cm³/mol. The molecule has 0 aliphatic carbocycles. The van der Waals surface area contributed by atoms with E-state index in [0.29, 0.717) is 12.0 Å². The number of rotatable bonds is 8. The molecular formula is C15H32N2O. The lowest BCUT2D eigenvalue weighted by Crippen LogP contribution is -2.35. The zero-order valence-corrected chi connectivity index (χ0v) is 12.5. The van der Waals surface area contributed by atoms with Gasteiger partial charge in [-0.25, -0.2) is 0 Å². The third kappa shape index (κ3) is 6.72. The van der Waals surface area contributed by atoms with E-state index in [1.165, 1.54) is 32.1 Å². The Balaban J connectivity index is 2.16. The monoisotopic (exact) mass is 256 g/mol. The Labute approximate surface area is 113 Å². The Morgan fingerprint density at radius 1 is 1.33 bits per heavy atom. The molecule has 2 unspecified atom stereocenters. The van der Waals surface area contributed by atoms with Crippen LogP contribution in [0.15, 0.2) is 0 Å². The number of likely N-dealkylation sites (N-methyl/N-ethyl adjacent to an activating group) is 1. The van der Waals surface area contributed by atoms with E-state index in [-0.39, 0.29) is 0 Å². The first-order chi connectivity index (χ1) is 8.61. The maximum absolute atomic E-state index is 5.85. The van der Waals surface area contributed by atoms with Gasteiger partial charge in [0.25, 0.3) is 0 Å². The average Bonchev–Trinajstić information content (AvgIpc) is 2.35. The Bertz CT molecular complexity index is 203. The van der Waals surface area contributed by atoms with Gasteiger partial charge in [0.15, 0.2) is 0 Å². The van der Waals surface area contributed by atoms with Crippen LogP contribution < -0.4 is 5.73 Å². The second-order valence-corrected chi connectivity index (χ2v) is 6.27. The summed E-state index contributed by atoms with van der Waals surface area (Å²) >= 11 is 0. The largest absolute Gasteiger partial charge is 0.377 e. The second kappa shape index (κ2) is 8.89. The highest BCUT2D eigenvalue weighted by molar-refractivity contribution is 4.70. The van der Waals surface area contributed by atoms with Crippen LogP contribution in [-0.2, 0) is 4.74 Å². The molecular weight excluding hydrogens is 224 g/mol. The van der Waals surface area contributed by atoms with Crippen molar-refractivity contribution < 1.29 is 4.74 Å². The van der Waals surface area contributed by atoms with Gasteiger partial charge in [-0.2, -0.15) is 0 Å². The van der Waals surface area contributed by atoms with Crippen molar-refractivity contribution in [3.8, 4) is 0 Å². The molecule has 1 heterocycles. The molecule has 2 N–H and O–H groups in total. The van der Waals surface area contributed by atoms with Gasteiger partial charge in [-0.05, 0) is 64.1 Å². The summed E-state index contributed by atoms with van der Waals surface area (Å²) in [4.78, 5) is 2.42. The van der Waals surface area contributed by atoms with Gasteiger partial charge in [0, 0.05) is 13.2 Å². The Morgan fingerprint density at radius 2 is 2.11 bits per heavy atom. The zero-order valence-electron chi connectivity index (χ0n) is 12.5. The number of nitrogens with two attached hydrogens (primary N) is 1. The van der Waals surface area contributed by atoms with Crippen LogP contribution in [0.5, 0.6) is 0 Å². The average molecular weight is 256 g/mol. The highest BCUT2D eigenvalue weighted by Gasteiger charge is 2.16. The molecule has 0 aromatic rings. The first kappa shape index (κ1) is 15.9. The molecule has 3 nitrogen and oxygen atoms in total. The van der Waals surface area contributed by atoms with Crippen molar-refractivity contribution in [2.75, 3.05) is 33.3 Å². The van der Waals surface area contributed by atoms with Crippen LogP contribution in [0.4, 0.5) is 0 Å². The van der Waals surface area contributed by atoms with Crippen LogP contribution in [0.3, 0.4) is 0 Å². The van der Waals surface area contributed by atoms with Crippen LogP contribution in [0.1, 0.15) is 46.0 Å². The lowest BCUT2D eigenvalue weighted by Gasteiger charge is -2.28. The van der Waals surface area contributed by atoms with Crippen molar-refractivity contribution in [3.05, 3.63) is 0 Å². The van der Waals surface area contributed by atoms with Gasteiger partial charge in [0.1, 0.15) is 0 Å². The third-order valence-corrected chi connectivity index (χ3v) is 3.85. The molecule has 1 rings (SSSR count). The van der Waals surface area contributed by atoms with E-state index in [9.17, 15) is 0 Å². The molecule has 1 saturated heterocycles. The second-order valence-electron chi connectivity index (χ2n) is 6.27. The molecule has 0 radical (unpaired) electrons. The fourth-order valence-corrected chi connectivity index (χ4v) is 2.79. The highest BCUT2D eigenvalue weighted by Crippen LogP contribution is 2.16. The van der Waals surface area contributed by atoms with E-state index in [1.807, 2.05) is 0 Å². The summed E-state index contributed by atoms with van der Waals surface area (Å²) in [7, 11) is 2.21. The third-order valence-electron chi connectivity index (χ3n) is 3.85. The van der Waals surface area contributed by atoms with Gasteiger partial charge in [0.2, 0.25) is 0 Å². The molecule has 0 spiro atoms. The van der Waals surface area contributed by atoms with Crippen molar-refractivity contribution in [1.29, 1.82) is 0 Å². The fourth-order valence-electron chi connectivity index (χ4n) is 2.79. The molecule has 1 aliphatic heterocycles. The van der Waals surface area contributed by atoms with Crippen molar-refractivity contribution in [1.82, 2.24) is 4.90 Å². The van der Waals surface area contributed by atoms with E-state index in [4.69, 9.17) is 10.5 Å². The normalized spacial score (nSPS) is 22.7. The lowest BCUT2D eigenvalue weighted by molar-refractivity contribution is -0.00213. The maximum Gasteiger partial charge on any atom is 0.0701 e. The highest BCUT2D eigenvalue weighted by atomic mass is 16.5. The van der Waals surface area contributed by atoms with Gasteiger partial charge in [-0.1, -0.05) is 13.8 Å². The van der Waals surface area contributed by atoms with Crippen molar-refractivity contribution >= 4 is 0 Å². The smallest absolute Gasteiger partial charge is 0.0701 e. The minimum atomic E-state index is 0.463. The first-order valence-electron chi connectivity index (χ1n) is 7.62. The predicted octanol–water partition coefficient (Wildman–Crippen LogP) is 2.50. The summed E-state index contributed by atoms with van der Waals surface area (Å²) in [6, 6.07) is 0. The van der Waals surface area contributed by atoms with Crippen LogP contribution in [-0.4, -0.2) is 44.3 Å². The molecule has 1 aliphatic rings. The van der Waals surface area contributed by atoms with E-state index < -0.39 is 0 Å². The van der Waals surface area contributed by atoms with Crippen LogP contribution in [0.25, 0.3) is 0 Å². The number of ether oxygens (including phenoxy) is 1. The van der Waals surface area contributed by atoms with Crippen LogP contribution >= 0.6 is 0 Å². The van der Waals surface area contributed by atoms with E-state index in [0.717, 1.165) is 32.2 Å². The molecule has 108 valence electrons. The van der Waals surface area contributed by atoms with Gasteiger partial charge in [0.05, 0.1) is 6.10 Å². The molecule has 0 aromatic heterocycles. The standard InChI is InChI=1S/C15H32N2O/c1-13(2)10-14(11-16)7-8-17(3)12-15-6-4-5-9-18-15/h13-15H,4-12,16H2,1-3H3. The van der Waals surface area contributed by atoms with Crippen molar-refractivity contribution in [2.45, 2.75) is 52.1 Å². The summed E-state index contributed by atoms with van der Waals surface area (Å²) < 4.78 is 5.78. The van der Waals surface area contributed by atoms with Gasteiger partial charge in [-0.3, -0.25) is 0 Å². The SMILES string of the molecule is CC(C)CC(CN)CCN(C)CC1CCCCO1. The fraction of sp³-hybridized carbons (Fsp3) is 1.00. The van der Waals surface area contributed by atoms with E-state index in [1.54, 1.807) is 0 Å². The summed E-state index contributed by atoms with van der Waals surface area (Å²) in [5, 5.41) is 0. The van der Waals surface area contributed by atoms with Gasteiger partial charge < -0.3 is 15.4 Å². The van der Waals surface area contributed by atoms with E-state index >= 15 is 0 Å². The Kier molecular flexibility index (Phi) is 7.87. The summed E-state index contributed by atoms with van der Waals surface area (Å²) in [6.07, 6.45) is 6.74. The summed E-state index contributed by atoms with van der Waals surface area (Å²) in [5.74, 6) is 1.44. The van der Waals surface area contributed by atoms with Gasteiger partial charge in [-0.15, -0.1) is 0 Å². The first-order valence-corrected chi connectivity index (χ1v) is 7.62. The molecule has 2 atom stereocenters. The number of nitrogens with zero attached hydrogens (tertiary/aromatic N) is 1. The lowest BCUT2D eigenvalue weighted by atomic mass is 9.94. The molecule has 1 fully saturated rings. The molecule has 0 saturated carbocycles. The number of hydrogen-bond donors (Lipinski definition) is 1. The molecule has 18 heavy (non-hydrogen) atoms. The molecule has 0 amide bonds. The van der Waals surface area contributed by atoms with Crippen LogP contribution in [0.2, 0.25) is 0 Å². The molecule has 0 aromatic carbocycles. The molecule has 0 bridgehead atoms. The number of hydrogen-bond acceptors (Lipinski definition) is 3. The van der Waals surface area contributed by atoms with Gasteiger partial charge >= 0.3 is 0 Å². The van der Waals surface area contributed by atoms with Crippen molar-refractivity contribution in [2.24, 2.45) is 17.6 Å². The minimum Gasteiger partial charge on any atom is -0.377 e. The maximum atomic E-state index is 5.85. The zero-order chi connectivity index (χ0) is 13.4.